The van der Waals surface area contributed by atoms with Crippen molar-refractivity contribution in [2.24, 2.45) is 40.4 Å². The van der Waals surface area contributed by atoms with Crippen LogP contribution in [0.1, 0.15) is 78.1 Å². The summed E-state index contributed by atoms with van der Waals surface area (Å²) in [6.07, 6.45) is 14.1. The van der Waals surface area contributed by atoms with E-state index in [9.17, 15) is 5.26 Å². The molecule has 0 aliphatic heterocycles. The van der Waals surface area contributed by atoms with E-state index in [0.29, 0.717) is 16.7 Å². The average molecular weight is 285 g/mol. The average Bonchev–Trinajstić information content (AvgIpc) is 2.88. The van der Waals surface area contributed by atoms with Crippen molar-refractivity contribution in [3.8, 4) is 6.07 Å². The molecule has 0 N–H and O–H groups in total. The molecule has 4 aliphatic carbocycles. The molecule has 0 spiro atoms. The number of fused-ring (bicyclic) bond motifs is 5. The molecule has 0 bridgehead atoms. The minimum absolute atomic E-state index is 0.342. The number of nitrogens with zero attached hydrogens (tertiary/aromatic N) is 1. The van der Waals surface area contributed by atoms with Crippen LogP contribution < -0.4 is 0 Å². The Bertz CT molecular complexity index is 463. The van der Waals surface area contributed by atoms with Crippen molar-refractivity contribution in [1.29, 1.82) is 5.26 Å². The Labute approximate surface area is 130 Å². The highest BCUT2D eigenvalue weighted by atomic mass is 14.6. The molecule has 4 fully saturated rings. The Morgan fingerprint density at radius 3 is 2.52 bits per heavy atom. The maximum Gasteiger partial charge on any atom is 0.0661 e. The van der Waals surface area contributed by atoms with Gasteiger partial charge in [-0.2, -0.15) is 5.26 Å². The Morgan fingerprint density at radius 1 is 0.857 bits per heavy atom. The lowest BCUT2D eigenvalue weighted by atomic mass is 9.43. The van der Waals surface area contributed by atoms with Crippen molar-refractivity contribution in [1.82, 2.24) is 0 Å². The summed E-state index contributed by atoms with van der Waals surface area (Å²) >= 11 is 0. The third-order valence-corrected chi connectivity index (χ3v) is 8.70. The van der Waals surface area contributed by atoms with Gasteiger partial charge in [-0.3, -0.25) is 0 Å². The van der Waals surface area contributed by atoms with Crippen LogP contribution in [-0.4, -0.2) is 0 Å². The second-order valence-corrected chi connectivity index (χ2v) is 9.21. The van der Waals surface area contributed by atoms with Crippen molar-refractivity contribution in [2.45, 2.75) is 78.1 Å². The topological polar surface area (TPSA) is 23.8 Å². The fraction of sp³-hybridized carbons (Fsp3) is 0.950. The molecule has 0 radical (unpaired) electrons. The Morgan fingerprint density at radius 2 is 1.71 bits per heavy atom. The van der Waals surface area contributed by atoms with Gasteiger partial charge >= 0.3 is 0 Å². The van der Waals surface area contributed by atoms with E-state index in [4.69, 9.17) is 0 Å². The smallest absolute Gasteiger partial charge is 0.0661 e. The molecule has 0 aromatic heterocycles. The molecule has 4 saturated carbocycles. The van der Waals surface area contributed by atoms with Crippen molar-refractivity contribution >= 4 is 0 Å². The lowest BCUT2D eigenvalue weighted by molar-refractivity contribution is -0.120. The van der Waals surface area contributed by atoms with E-state index in [1.54, 1.807) is 0 Å². The van der Waals surface area contributed by atoms with E-state index in [0.717, 1.165) is 23.7 Å². The van der Waals surface area contributed by atoms with Gasteiger partial charge in [0.05, 0.1) is 12.0 Å². The maximum absolute atomic E-state index is 9.77. The fourth-order valence-corrected chi connectivity index (χ4v) is 7.54. The Hall–Kier alpha value is -0.510. The van der Waals surface area contributed by atoms with Crippen LogP contribution in [0.15, 0.2) is 0 Å². The van der Waals surface area contributed by atoms with Crippen LogP contribution in [0.2, 0.25) is 0 Å². The summed E-state index contributed by atoms with van der Waals surface area (Å²) < 4.78 is 0. The van der Waals surface area contributed by atoms with Crippen molar-refractivity contribution < 1.29 is 0 Å². The molecule has 0 aromatic rings. The van der Waals surface area contributed by atoms with E-state index >= 15 is 0 Å². The highest BCUT2D eigenvalue weighted by Crippen LogP contribution is 2.67. The highest BCUT2D eigenvalue weighted by Gasteiger charge is 2.59. The van der Waals surface area contributed by atoms with E-state index in [-0.39, 0.29) is 0 Å². The minimum atomic E-state index is 0.342. The molecule has 21 heavy (non-hydrogen) atoms. The van der Waals surface area contributed by atoms with E-state index in [1.165, 1.54) is 64.2 Å². The molecule has 7 atom stereocenters. The number of nitriles is 1. The molecule has 1 nitrogen and oxygen atoms in total. The molecule has 4 aliphatic rings. The molecule has 1 heteroatoms. The zero-order chi connectivity index (χ0) is 14.7. The quantitative estimate of drug-likeness (QED) is 0.571. The summed E-state index contributed by atoms with van der Waals surface area (Å²) in [6, 6.07) is 2.75. The molecule has 4 rings (SSSR count). The van der Waals surface area contributed by atoms with Gasteiger partial charge in [0.15, 0.2) is 0 Å². The van der Waals surface area contributed by atoms with Crippen molar-refractivity contribution in [3.05, 3.63) is 0 Å². The molecular weight excluding hydrogens is 254 g/mol. The summed E-state index contributed by atoms with van der Waals surface area (Å²) in [6.45, 7) is 5.11. The number of hydrogen-bond acceptors (Lipinski definition) is 1. The third kappa shape index (κ3) is 1.80. The highest BCUT2D eigenvalue weighted by molar-refractivity contribution is 5.12. The zero-order valence-corrected chi connectivity index (χ0v) is 13.9. The van der Waals surface area contributed by atoms with Crippen molar-refractivity contribution in [2.75, 3.05) is 0 Å². The molecule has 116 valence electrons. The second-order valence-electron chi connectivity index (χ2n) is 9.21. The van der Waals surface area contributed by atoms with Crippen LogP contribution in [0.3, 0.4) is 0 Å². The maximum atomic E-state index is 9.77. The fourth-order valence-electron chi connectivity index (χ4n) is 7.54. The lowest BCUT2D eigenvalue weighted by Crippen LogP contribution is -2.54. The molecular formula is C20H31N. The minimum Gasteiger partial charge on any atom is -0.198 e. The first-order valence-electron chi connectivity index (χ1n) is 9.49. The predicted molar refractivity (Wildman–Crippen MR) is 85.4 cm³/mol. The first-order valence-corrected chi connectivity index (χ1v) is 9.49. The Balaban J connectivity index is 1.69. The monoisotopic (exact) mass is 285 g/mol. The SMILES string of the molecule is C[C@@]12CCC[C@H]1[C@@H]1CC[C@H]3CCCC(C#N)[C@]3(C)[C@H]1CC2. The van der Waals surface area contributed by atoms with Gasteiger partial charge in [-0.1, -0.05) is 26.7 Å². The summed E-state index contributed by atoms with van der Waals surface area (Å²) in [5, 5.41) is 9.77. The van der Waals surface area contributed by atoms with Gasteiger partial charge in [-0.25, -0.2) is 0 Å². The molecule has 0 aromatic carbocycles. The standard InChI is InChI=1S/C20H31N/c1-19-11-4-7-17(19)16-9-8-14-5-3-6-15(13-21)20(14,2)18(16)10-12-19/h14-18H,3-12H2,1-2H3/t14-,15?,16+,17+,18+,19+,20-/m1/s1. The lowest BCUT2D eigenvalue weighted by Gasteiger charge is -2.61. The summed E-state index contributed by atoms with van der Waals surface area (Å²) in [7, 11) is 0. The van der Waals surface area contributed by atoms with E-state index in [2.05, 4.69) is 19.9 Å². The molecule has 1 unspecified atom stereocenters. The van der Waals surface area contributed by atoms with Crippen LogP contribution >= 0.6 is 0 Å². The van der Waals surface area contributed by atoms with Gasteiger partial charge in [-0.15, -0.1) is 0 Å². The van der Waals surface area contributed by atoms with Crippen LogP contribution in [0, 0.1) is 51.8 Å². The normalized spacial score (nSPS) is 56.0. The second kappa shape index (κ2) is 4.74. The first kappa shape index (κ1) is 14.1. The van der Waals surface area contributed by atoms with Gasteiger partial charge in [0, 0.05) is 0 Å². The van der Waals surface area contributed by atoms with Gasteiger partial charge in [0.2, 0.25) is 0 Å². The van der Waals surface area contributed by atoms with Gasteiger partial charge in [0.1, 0.15) is 0 Å². The van der Waals surface area contributed by atoms with Crippen LogP contribution in [-0.2, 0) is 0 Å². The number of hydrogen-bond donors (Lipinski definition) is 0. The predicted octanol–water partition coefficient (Wildman–Crippen LogP) is 5.56. The first-order chi connectivity index (χ1) is 10.1. The van der Waals surface area contributed by atoms with Gasteiger partial charge in [-0.05, 0) is 85.9 Å². The Kier molecular flexibility index (Phi) is 3.18. The number of rotatable bonds is 0. The summed E-state index contributed by atoms with van der Waals surface area (Å²) in [5.41, 5.74) is 1.00. The summed E-state index contributed by atoms with van der Waals surface area (Å²) in [4.78, 5) is 0. The molecule has 0 heterocycles. The van der Waals surface area contributed by atoms with Gasteiger partial charge in [0.25, 0.3) is 0 Å². The third-order valence-electron chi connectivity index (χ3n) is 8.70. The van der Waals surface area contributed by atoms with Crippen LogP contribution in [0.25, 0.3) is 0 Å². The largest absolute Gasteiger partial charge is 0.198 e. The van der Waals surface area contributed by atoms with Crippen LogP contribution in [0.4, 0.5) is 0 Å². The summed E-state index contributed by atoms with van der Waals surface area (Å²) in [5.74, 6) is 3.98. The van der Waals surface area contributed by atoms with Gasteiger partial charge < -0.3 is 0 Å². The molecule has 0 amide bonds. The van der Waals surface area contributed by atoms with Crippen molar-refractivity contribution in [3.63, 3.8) is 0 Å². The van der Waals surface area contributed by atoms with E-state index in [1.807, 2.05) is 0 Å². The molecule has 0 saturated heterocycles. The zero-order valence-electron chi connectivity index (χ0n) is 13.9. The van der Waals surface area contributed by atoms with Crippen LogP contribution in [0.5, 0.6) is 0 Å². The van der Waals surface area contributed by atoms with E-state index < -0.39 is 0 Å².